The van der Waals surface area contributed by atoms with Crippen molar-refractivity contribution in [3.63, 3.8) is 0 Å². The van der Waals surface area contributed by atoms with Gasteiger partial charge < -0.3 is 0 Å². The number of carbonyl (C=O) groups is 1. The molecule has 0 aromatic rings. The normalized spacial score (nSPS) is 49.4. The molecule has 4 saturated carbocycles. The van der Waals surface area contributed by atoms with Crippen molar-refractivity contribution >= 4 is 5.91 Å². The van der Waals surface area contributed by atoms with Gasteiger partial charge in [-0.25, -0.2) is 5.84 Å². The molecule has 0 aliphatic heterocycles. The summed E-state index contributed by atoms with van der Waals surface area (Å²) in [6, 6.07) is 0. The van der Waals surface area contributed by atoms with Crippen LogP contribution < -0.4 is 11.3 Å². The molecule has 4 aliphatic rings. The zero-order chi connectivity index (χ0) is 11.4. The average Bonchev–Trinajstić information content (AvgIpc) is 2.26. The van der Waals surface area contributed by atoms with Gasteiger partial charge in [0.1, 0.15) is 0 Å². The summed E-state index contributed by atoms with van der Waals surface area (Å²) in [5.74, 6) is 7.07. The van der Waals surface area contributed by atoms with E-state index in [0.717, 1.165) is 31.1 Å². The Labute approximate surface area is 97.1 Å². The maximum absolute atomic E-state index is 12.1. The lowest BCUT2D eigenvalue weighted by atomic mass is 9.43. The topological polar surface area (TPSA) is 55.1 Å². The second-order valence-electron chi connectivity index (χ2n) is 6.57. The summed E-state index contributed by atoms with van der Waals surface area (Å²) in [6.45, 7) is 2.29. The molecule has 90 valence electrons. The van der Waals surface area contributed by atoms with Gasteiger partial charge in [-0.1, -0.05) is 13.3 Å². The maximum atomic E-state index is 12.1. The molecule has 0 heterocycles. The first kappa shape index (κ1) is 10.6. The molecule has 0 spiro atoms. The molecule has 4 rings (SSSR count). The fraction of sp³-hybridized carbons (Fsp3) is 0.923. The van der Waals surface area contributed by atoms with Crippen LogP contribution in [0.4, 0.5) is 0 Å². The SMILES string of the molecule is CCC12C[C@@H]3C[C@@H](C1)CC(C(=O)NN)(C3)C2. The van der Waals surface area contributed by atoms with Gasteiger partial charge in [0, 0.05) is 0 Å². The molecule has 0 aromatic carbocycles. The van der Waals surface area contributed by atoms with Gasteiger partial charge in [-0.05, 0) is 55.8 Å². The van der Waals surface area contributed by atoms with E-state index in [1.165, 1.54) is 25.7 Å². The van der Waals surface area contributed by atoms with E-state index in [0.29, 0.717) is 5.41 Å². The fourth-order valence-corrected chi connectivity index (χ4v) is 5.28. The minimum absolute atomic E-state index is 0.102. The summed E-state index contributed by atoms with van der Waals surface area (Å²) in [5.41, 5.74) is 2.79. The van der Waals surface area contributed by atoms with E-state index in [2.05, 4.69) is 12.3 Å². The second-order valence-corrected chi connectivity index (χ2v) is 6.57. The van der Waals surface area contributed by atoms with Gasteiger partial charge in [0.05, 0.1) is 5.41 Å². The largest absolute Gasteiger partial charge is 0.294 e. The molecular formula is C13H22N2O. The van der Waals surface area contributed by atoms with Crippen LogP contribution in [-0.4, -0.2) is 5.91 Å². The molecule has 4 aliphatic carbocycles. The molecular weight excluding hydrogens is 200 g/mol. The average molecular weight is 222 g/mol. The Kier molecular flexibility index (Phi) is 2.13. The van der Waals surface area contributed by atoms with Crippen LogP contribution in [0.2, 0.25) is 0 Å². The van der Waals surface area contributed by atoms with Gasteiger partial charge in [0.2, 0.25) is 5.91 Å². The van der Waals surface area contributed by atoms with Crippen LogP contribution in [0.3, 0.4) is 0 Å². The molecule has 3 nitrogen and oxygen atoms in total. The third-order valence-corrected chi connectivity index (χ3v) is 5.55. The minimum atomic E-state index is -0.102. The predicted molar refractivity (Wildman–Crippen MR) is 62.2 cm³/mol. The summed E-state index contributed by atoms with van der Waals surface area (Å²) in [4.78, 5) is 12.1. The van der Waals surface area contributed by atoms with Crippen LogP contribution >= 0.6 is 0 Å². The van der Waals surface area contributed by atoms with Crippen molar-refractivity contribution in [3.05, 3.63) is 0 Å². The standard InChI is InChI=1S/C13H22N2O/c1-2-12-4-9-3-10(5-12)7-13(6-9,8-12)11(16)15-14/h9-10H,2-8,14H2,1H3,(H,15,16)/t9-,10-,12?,13?/m0/s1. The van der Waals surface area contributed by atoms with Crippen LogP contribution in [0.5, 0.6) is 0 Å². The van der Waals surface area contributed by atoms with Crippen molar-refractivity contribution in [2.75, 3.05) is 0 Å². The van der Waals surface area contributed by atoms with Crippen molar-refractivity contribution in [2.45, 2.75) is 51.9 Å². The van der Waals surface area contributed by atoms with Crippen LogP contribution in [0.1, 0.15) is 51.9 Å². The second kappa shape index (κ2) is 3.22. The summed E-state index contributed by atoms with van der Waals surface area (Å²) in [7, 11) is 0. The highest BCUT2D eigenvalue weighted by molar-refractivity contribution is 5.82. The van der Waals surface area contributed by atoms with E-state index in [4.69, 9.17) is 5.84 Å². The first-order valence-corrected chi connectivity index (χ1v) is 6.62. The van der Waals surface area contributed by atoms with Crippen molar-refractivity contribution in [3.8, 4) is 0 Å². The summed E-state index contributed by atoms with van der Waals surface area (Å²) >= 11 is 0. The number of carbonyl (C=O) groups excluding carboxylic acids is 1. The predicted octanol–water partition coefficient (Wildman–Crippen LogP) is 1.97. The molecule has 3 N–H and O–H groups in total. The van der Waals surface area contributed by atoms with Gasteiger partial charge >= 0.3 is 0 Å². The van der Waals surface area contributed by atoms with Gasteiger partial charge in [0.25, 0.3) is 0 Å². The molecule has 1 amide bonds. The van der Waals surface area contributed by atoms with E-state index in [9.17, 15) is 4.79 Å². The zero-order valence-corrected chi connectivity index (χ0v) is 10.1. The van der Waals surface area contributed by atoms with E-state index in [1.807, 2.05) is 0 Å². The zero-order valence-electron chi connectivity index (χ0n) is 10.1. The Bertz CT molecular complexity index is 312. The van der Waals surface area contributed by atoms with E-state index >= 15 is 0 Å². The molecule has 3 heteroatoms. The van der Waals surface area contributed by atoms with Crippen molar-refractivity contribution in [1.29, 1.82) is 0 Å². The third-order valence-electron chi connectivity index (χ3n) is 5.55. The Morgan fingerprint density at radius 2 is 1.94 bits per heavy atom. The van der Waals surface area contributed by atoms with E-state index in [1.54, 1.807) is 0 Å². The molecule has 2 atom stereocenters. The Hall–Kier alpha value is -0.570. The quantitative estimate of drug-likeness (QED) is 0.426. The van der Waals surface area contributed by atoms with Crippen LogP contribution in [0.15, 0.2) is 0 Å². The Morgan fingerprint density at radius 1 is 1.31 bits per heavy atom. The highest BCUT2D eigenvalue weighted by Gasteiger charge is 2.59. The lowest BCUT2D eigenvalue weighted by Crippen LogP contribution is -2.58. The fourth-order valence-electron chi connectivity index (χ4n) is 5.28. The monoisotopic (exact) mass is 222 g/mol. The molecule has 0 aromatic heterocycles. The van der Waals surface area contributed by atoms with Crippen molar-refractivity contribution in [1.82, 2.24) is 5.43 Å². The first-order chi connectivity index (χ1) is 7.61. The Morgan fingerprint density at radius 3 is 2.44 bits per heavy atom. The minimum Gasteiger partial charge on any atom is -0.294 e. The highest BCUT2D eigenvalue weighted by Crippen LogP contribution is 2.66. The number of nitrogens with one attached hydrogen (secondary N) is 1. The molecule has 0 unspecified atom stereocenters. The molecule has 0 saturated heterocycles. The van der Waals surface area contributed by atoms with Crippen molar-refractivity contribution < 1.29 is 4.79 Å². The number of hydrogen-bond donors (Lipinski definition) is 2. The van der Waals surface area contributed by atoms with Crippen LogP contribution in [0.25, 0.3) is 0 Å². The highest BCUT2D eigenvalue weighted by atomic mass is 16.2. The number of rotatable bonds is 2. The molecule has 16 heavy (non-hydrogen) atoms. The molecule has 4 fully saturated rings. The van der Waals surface area contributed by atoms with E-state index in [-0.39, 0.29) is 11.3 Å². The van der Waals surface area contributed by atoms with Crippen LogP contribution in [0, 0.1) is 22.7 Å². The number of nitrogens with two attached hydrogens (primary N) is 1. The smallest absolute Gasteiger partial charge is 0.240 e. The van der Waals surface area contributed by atoms with E-state index < -0.39 is 0 Å². The maximum Gasteiger partial charge on any atom is 0.240 e. The third kappa shape index (κ3) is 1.27. The summed E-state index contributed by atoms with van der Waals surface area (Å²) in [6.07, 6.45) is 8.59. The Balaban J connectivity index is 1.95. The van der Waals surface area contributed by atoms with Gasteiger partial charge in [-0.2, -0.15) is 0 Å². The number of amides is 1. The molecule has 0 radical (unpaired) electrons. The van der Waals surface area contributed by atoms with Crippen LogP contribution in [-0.2, 0) is 4.79 Å². The van der Waals surface area contributed by atoms with Gasteiger partial charge in [0.15, 0.2) is 0 Å². The summed E-state index contributed by atoms with van der Waals surface area (Å²) in [5, 5.41) is 0. The summed E-state index contributed by atoms with van der Waals surface area (Å²) < 4.78 is 0. The van der Waals surface area contributed by atoms with Gasteiger partial charge in [-0.15, -0.1) is 0 Å². The first-order valence-electron chi connectivity index (χ1n) is 6.62. The number of hydrogen-bond acceptors (Lipinski definition) is 2. The molecule has 4 bridgehead atoms. The number of hydrazine groups is 1. The lowest BCUT2D eigenvalue weighted by Gasteiger charge is -2.61. The lowest BCUT2D eigenvalue weighted by molar-refractivity contribution is -0.157. The van der Waals surface area contributed by atoms with Crippen molar-refractivity contribution in [2.24, 2.45) is 28.5 Å². The van der Waals surface area contributed by atoms with Gasteiger partial charge in [-0.3, -0.25) is 10.2 Å².